The fourth-order valence-electron chi connectivity index (χ4n) is 1.62. The van der Waals surface area contributed by atoms with Crippen LogP contribution in [0.15, 0.2) is 22.8 Å². The van der Waals surface area contributed by atoms with Crippen molar-refractivity contribution >= 4 is 27.7 Å². The van der Waals surface area contributed by atoms with Crippen LogP contribution in [0.3, 0.4) is 0 Å². The lowest BCUT2D eigenvalue weighted by Gasteiger charge is -2.25. The second-order valence-electron chi connectivity index (χ2n) is 3.80. The number of morpholine rings is 1. The van der Waals surface area contributed by atoms with Gasteiger partial charge in [-0.25, -0.2) is 4.98 Å². The van der Waals surface area contributed by atoms with Crippen LogP contribution in [0.5, 0.6) is 0 Å². The third kappa shape index (κ3) is 4.07. The molecule has 1 amide bonds. The Labute approximate surface area is 108 Å². The minimum absolute atomic E-state index is 0.0440. The molecular formula is C11H14BrN3O2. The summed E-state index contributed by atoms with van der Waals surface area (Å²) in [7, 11) is 0. The molecule has 0 unspecified atom stereocenters. The van der Waals surface area contributed by atoms with Crippen molar-refractivity contribution in [2.24, 2.45) is 0 Å². The van der Waals surface area contributed by atoms with E-state index in [2.05, 4.69) is 31.1 Å². The molecule has 1 aliphatic rings. The first-order valence-electron chi connectivity index (χ1n) is 5.45. The topological polar surface area (TPSA) is 54.5 Å². The molecular weight excluding hydrogens is 286 g/mol. The van der Waals surface area contributed by atoms with E-state index in [9.17, 15) is 4.79 Å². The van der Waals surface area contributed by atoms with Gasteiger partial charge in [0.15, 0.2) is 0 Å². The number of pyridine rings is 1. The molecule has 0 saturated carbocycles. The molecule has 5 nitrogen and oxygen atoms in total. The molecule has 1 aliphatic heterocycles. The van der Waals surface area contributed by atoms with E-state index in [-0.39, 0.29) is 5.91 Å². The average molecular weight is 300 g/mol. The summed E-state index contributed by atoms with van der Waals surface area (Å²) in [4.78, 5) is 17.9. The minimum atomic E-state index is -0.0440. The summed E-state index contributed by atoms with van der Waals surface area (Å²) in [5.74, 6) is 0.523. The van der Waals surface area contributed by atoms with Gasteiger partial charge in [0, 0.05) is 23.8 Å². The molecule has 2 heterocycles. The molecule has 17 heavy (non-hydrogen) atoms. The van der Waals surface area contributed by atoms with E-state index in [1.807, 2.05) is 6.07 Å². The zero-order valence-electron chi connectivity index (χ0n) is 9.36. The molecule has 1 fully saturated rings. The van der Waals surface area contributed by atoms with Crippen molar-refractivity contribution < 1.29 is 9.53 Å². The van der Waals surface area contributed by atoms with Crippen LogP contribution in [-0.2, 0) is 9.53 Å². The lowest BCUT2D eigenvalue weighted by atomic mass is 10.4. The smallest absolute Gasteiger partial charge is 0.239 e. The van der Waals surface area contributed by atoms with Crippen molar-refractivity contribution in [1.29, 1.82) is 0 Å². The number of nitrogens with zero attached hydrogens (tertiary/aromatic N) is 2. The highest BCUT2D eigenvalue weighted by Gasteiger charge is 2.14. The number of hydrogen-bond donors (Lipinski definition) is 1. The Bertz CT molecular complexity index is 394. The fraction of sp³-hybridized carbons (Fsp3) is 0.455. The Balaban J connectivity index is 1.84. The van der Waals surface area contributed by atoms with Crippen LogP contribution in [0.1, 0.15) is 0 Å². The van der Waals surface area contributed by atoms with E-state index in [1.54, 1.807) is 12.3 Å². The van der Waals surface area contributed by atoms with Crippen molar-refractivity contribution in [2.75, 3.05) is 38.2 Å². The van der Waals surface area contributed by atoms with Crippen molar-refractivity contribution in [3.8, 4) is 0 Å². The molecule has 1 saturated heterocycles. The molecule has 0 aliphatic carbocycles. The van der Waals surface area contributed by atoms with Crippen molar-refractivity contribution in [3.63, 3.8) is 0 Å². The van der Waals surface area contributed by atoms with Gasteiger partial charge in [-0.05, 0) is 12.1 Å². The van der Waals surface area contributed by atoms with Crippen LogP contribution in [-0.4, -0.2) is 48.6 Å². The standard InChI is InChI=1S/C11H14BrN3O2/c12-9-1-2-13-10(7-9)14-11(16)8-15-3-5-17-6-4-15/h1-2,7H,3-6,8H2,(H,13,14,16). The molecule has 0 radical (unpaired) electrons. The first kappa shape index (κ1) is 12.5. The van der Waals surface area contributed by atoms with Crippen molar-refractivity contribution in [2.45, 2.75) is 0 Å². The molecule has 2 rings (SSSR count). The lowest BCUT2D eigenvalue weighted by Crippen LogP contribution is -2.41. The van der Waals surface area contributed by atoms with Gasteiger partial charge in [0.25, 0.3) is 0 Å². The summed E-state index contributed by atoms with van der Waals surface area (Å²) >= 11 is 3.33. The van der Waals surface area contributed by atoms with Crippen LogP contribution in [0.25, 0.3) is 0 Å². The van der Waals surface area contributed by atoms with Crippen LogP contribution < -0.4 is 5.32 Å². The van der Waals surface area contributed by atoms with Crippen molar-refractivity contribution in [3.05, 3.63) is 22.8 Å². The number of nitrogens with one attached hydrogen (secondary N) is 1. The highest BCUT2D eigenvalue weighted by molar-refractivity contribution is 9.10. The number of rotatable bonds is 3. The number of hydrogen-bond acceptors (Lipinski definition) is 4. The maximum absolute atomic E-state index is 11.7. The highest BCUT2D eigenvalue weighted by Crippen LogP contribution is 2.12. The second-order valence-corrected chi connectivity index (χ2v) is 4.71. The predicted octanol–water partition coefficient (Wildman–Crippen LogP) is 1.11. The van der Waals surface area contributed by atoms with Gasteiger partial charge in [0.2, 0.25) is 5.91 Å². The predicted molar refractivity (Wildman–Crippen MR) is 67.8 cm³/mol. The summed E-state index contributed by atoms with van der Waals surface area (Å²) in [6.07, 6.45) is 1.65. The molecule has 0 atom stereocenters. The lowest BCUT2D eigenvalue weighted by molar-refractivity contribution is -0.118. The van der Waals surface area contributed by atoms with Gasteiger partial charge in [-0.3, -0.25) is 9.69 Å². The van der Waals surface area contributed by atoms with E-state index >= 15 is 0 Å². The average Bonchev–Trinajstić information content (AvgIpc) is 2.30. The number of anilines is 1. The number of aromatic nitrogens is 1. The van der Waals surface area contributed by atoms with Crippen LogP contribution in [0.2, 0.25) is 0 Å². The first-order chi connectivity index (χ1) is 8.24. The van der Waals surface area contributed by atoms with E-state index < -0.39 is 0 Å². The summed E-state index contributed by atoms with van der Waals surface area (Å²) in [5, 5.41) is 2.77. The first-order valence-corrected chi connectivity index (χ1v) is 6.25. The van der Waals surface area contributed by atoms with Gasteiger partial charge in [0.05, 0.1) is 19.8 Å². The SMILES string of the molecule is O=C(CN1CCOCC1)Nc1cc(Br)ccn1. The summed E-state index contributed by atoms with van der Waals surface area (Å²) in [5.41, 5.74) is 0. The second kappa shape index (κ2) is 6.09. The molecule has 92 valence electrons. The monoisotopic (exact) mass is 299 g/mol. The minimum Gasteiger partial charge on any atom is -0.379 e. The maximum atomic E-state index is 11.7. The molecule has 1 N–H and O–H groups in total. The Morgan fingerprint density at radius 1 is 1.53 bits per heavy atom. The number of amides is 1. The third-order valence-electron chi connectivity index (χ3n) is 2.46. The third-order valence-corrected chi connectivity index (χ3v) is 2.95. The Morgan fingerprint density at radius 3 is 3.00 bits per heavy atom. The van der Waals surface area contributed by atoms with Crippen LogP contribution >= 0.6 is 15.9 Å². The van der Waals surface area contributed by atoms with Gasteiger partial charge < -0.3 is 10.1 Å². The van der Waals surface area contributed by atoms with Gasteiger partial charge in [-0.15, -0.1) is 0 Å². The number of ether oxygens (including phenoxy) is 1. The van der Waals surface area contributed by atoms with E-state index in [4.69, 9.17) is 4.74 Å². The Hall–Kier alpha value is -0.980. The van der Waals surface area contributed by atoms with E-state index in [0.29, 0.717) is 25.6 Å². The summed E-state index contributed by atoms with van der Waals surface area (Å²) in [6.45, 7) is 3.39. The molecule has 1 aromatic rings. The molecule has 0 bridgehead atoms. The number of carbonyl (C=O) groups excluding carboxylic acids is 1. The summed E-state index contributed by atoms with van der Waals surface area (Å²) < 4.78 is 6.12. The molecule has 6 heteroatoms. The van der Waals surface area contributed by atoms with Gasteiger partial charge in [0.1, 0.15) is 5.82 Å². The van der Waals surface area contributed by atoms with Gasteiger partial charge >= 0.3 is 0 Å². The zero-order chi connectivity index (χ0) is 12.1. The van der Waals surface area contributed by atoms with Crippen LogP contribution in [0.4, 0.5) is 5.82 Å². The van der Waals surface area contributed by atoms with Gasteiger partial charge in [-0.1, -0.05) is 15.9 Å². The molecule has 0 spiro atoms. The number of halogens is 1. The summed E-state index contributed by atoms with van der Waals surface area (Å²) in [6, 6.07) is 3.59. The van der Waals surface area contributed by atoms with Crippen LogP contribution in [0, 0.1) is 0 Å². The quantitative estimate of drug-likeness (QED) is 0.909. The van der Waals surface area contributed by atoms with Gasteiger partial charge in [-0.2, -0.15) is 0 Å². The maximum Gasteiger partial charge on any atom is 0.239 e. The Morgan fingerprint density at radius 2 is 2.29 bits per heavy atom. The van der Waals surface area contributed by atoms with E-state index in [0.717, 1.165) is 17.6 Å². The van der Waals surface area contributed by atoms with Crippen molar-refractivity contribution in [1.82, 2.24) is 9.88 Å². The molecule has 1 aromatic heterocycles. The molecule has 0 aromatic carbocycles. The zero-order valence-corrected chi connectivity index (χ0v) is 10.9. The van der Waals surface area contributed by atoms with E-state index in [1.165, 1.54) is 0 Å². The highest BCUT2D eigenvalue weighted by atomic mass is 79.9. The Kier molecular flexibility index (Phi) is 4.47. The largest absolute Gasteiger partial charge is 0.379 e. The normalized spacial score (nSPS) is 16.8. The fourth-order valence-corrected chi connectivity index (χ4v) is 1.95. The number of carbonyl (C=O) groups is 1.